The Kier molecular flexibility index (Phi) is 3.97. The van der Waals surface area contributed by atoms with E-state index in [0.717, 1.165) is 25.2 Å². The van der Waals surface area contributed by atoms with Gasteiger partial charge in [0, 0.05) is 43.9 Å². The summed E-state index contributed by atoms with van der Waals surface area (Å²) < 4.78 is 18.8. The van der Waals surface area contributed by atoms with Crippen LogP contribution in [0.25, 0.3) is 0 Å². The molecule has 1 saturated heterocycles. The van der Waals surface area contributed by atoms with Gasteiger partial charge in [-0.1, -0.05) is 6.07 Å². The van der Waals surface area contributed by atoms with Crippen molar-refractivity contribution in [3.63, 3.8) is 0 Å². The summed E-state index contributed by atoms with van der Waals surface area (Å²) >= 11 is 0. The van der Waals surface area contributed by atoms with E-state index < -0.39 is 0 Å². The predicted octanol–water partition coefficient (Wildman–Crippen LogP) is 1.63. The first-order valence-corrected chi connectivity index (χ1v) is 5.97. The highest BCUT2D eigenvalue weighted by Crippen LogP contribution is 2.18. The first-order chi connectivity index (χ1) is 8.19. The first-order valence-electron chi connectivity index (χ1n) is 5.97. The fourth-order valence-corrected chi connectivity index (χ4v) is 2.18. The molecule has 1 N–H and O–H groups in total. The predicted molar refractivity (Wildman–Crippen MR) is 65.7 cm³/mol. The number of benzene rings is 1. The van der Waals surface area contributed by atoms with Gasteiger partial charge >= 0.3 is 0 Å². The molecule has 1 aromatic rings. The van der Waals surface area contributed by atoms with Gasteiger partial charge in [-0.3, -0.25) is 4.90 Å². The summed E-state index contributed by atoms with van der Waals surface area (Å²) in [5.41, 5.74) is 0.736. The SMILES string of the molecule is COc1ccc(CN2CCN[C@@H](C)C2)c(F)c1. The third kappa shape index (κ3) is 3.17. The second-order valence-corrected chi connectivity index (χ2v) is 4.55. The molecule has 17 heavy (non-hydrogen) atoms. The van der Waals surface area contributed by atoms with E-state index in [1.165, 1.54) is 6.07 Å². The fourth-order valence-electron chi connectivity index (χ4n) is 2.18. The molecule has 2 rings (SSSR count). The number of ether oxygens (including phenoxy) is 1. The standard InChI is InChI=1S/C13H19FN2O/c1-10-8-16(6-5-15-10)9-11-3-4-12(17-2)7-13(11)14/h3-4,7,10,15H,5-6,8-9H2,1-2H3/t10-/m0/s1. The topological polar surface area (TPSA) is 24.5 Å². The van der Waals surface area contributed by atoms with E-state index in [2.05, 4.69) is 17.1 Å². The van der Waals surface area contributed by atoms with Crippen LogP contribution in [0.3, 0.4) is 0 Å². The monoisotopic (exact) mass is 238 g/mol. The molecule has 0 saturated carbocycles. The van der Waals surface area contributed by atoms with Crippen molar-refractivity contribution < 1.29 is 9.13 Å². The van der Waals surface area contributed by atoms with Crippen LogP contribution in [-0.4, -0.2) is 37.7 Å². The molecule has 0 spiro atoms. The Bertz CT molecular complexity index is 384. The van der Waals surface area contributed by atoms with Gasteiger partial charge in [-0.25, -0.2) is 4.39 Å². The zero-order valence-electron chi connectivity index (χ0n) is 10.4. The Morgan fingerprint density at radius 2 is 2.35 bits per heavy atom. The van der Waals surface area contributed by atoms with Crippen molar-refractivity contribution in [1.29, 1.82) is 0 Å². The highest BCUT2D eigenvalue weighted by atomic mass is 19.1. The molecule has 0 amide bonds. The maximum absolute atomic E-state index is 13.8. The summed E-state index contributed by atoms with van der Waals surface area (Å²) in [6.45, 7) is 5.72. The number of rotatable bonds is 3. The quantitative estimate of drug-likeness (QED) is 0.866. The molecule has 4 heteroatoms. The van der Waals surface area contributed by atoms with Gasteiger partial charge in [-0.15, -0.1) is 0 Å². The average molecular weight is 238 g/mol. The summed E-state index contributed by atoms with van der Waals surface area (Å²) in [5.74, 6) is 0.385. The third-order valence-electron chi connectivity index (χ3n) is 3.11. The molecule has 1 aliphatic heterocycles. The number of methoxy groups -OCH3 is 1. The molecule has 1 heterocycles. The number of nitrogens with one attached hydrogen (secondary N) is 1. The van der Waals surface area contributed by atoms with Crippen LogP contribution in [0.15, 0.2) is 18.2 Å². The molecule has 0 aliphatic carbocycles. The van der Waals surface area contributed by atoms with E-state index >= 15 is 0 Å². The minimum Gasteiger partial charge on any atom is -0.497 e. The average Bonchev–Trinajstić information content (AvgIpc) is 2.32. The molecule has 3 nitrogen and oxygen atoms in total. The molecular weight excluding hydrogens is 219 g/mol. The fraction of sp³-hybridized carbons (Fsp3) is 0.538. The summed E-state index contributed by atoms with van der Waals surface area (Å²) in [6.07, 6.45) is 0. The molecule has 0 aromatic heterocycles. The summed E-state index contributed by atoms with van der Waals surface area (Å²) in [6, 6.07) is 5.54. The van der Waals surface area contributed by atoms with Gasteiger partial charge in [0.1, 0.15) is 11.6 Å². The van der Waals surface area contributed by atoms with E-state index in [9.17, 15) is 4.39 Å². The zero-order chi connectivity index (χ0) is 12.3. The van der Waals surface area contributed by atoms with E-state index in [0.29, 0.717) is 18.3 Å². The van der Waals surface area contributed by atoms with Crippen LogP contribution in [0.2, 0.25) is 0 Å². The minimum absolute atomic E-state index is 0.185. The van der Waals surface area contributed by atoms with Crippen molar-refractivity contribution in [3.05, 3.63) is 29.6 Å². The van der Waals surface area contributed by atoms with Crippen molar-refractivity contribution in [3.8, 4) is 5.75 Å². The number of nitrogens with zero attached hydrogens (tertiary/aromatic N) is 1. The zero-order valence-corrected chi connectivity index (χ0v) is 10.4. The Morgan fingerprint density at radius 3 is 3.00 bits per heavy atom. The number of piperazine rings is 1. The minimum atomic E-state index is -0.185. The number of halogens is 1. The molecule has 0 unspecified atom stereocenters. The maximum atomic E-state index is 13.8. The van der Waals surface area contributed by atoms with Gasteiger partial charge in [-0.2, -0.15) is 0 Å². The van der Waals surface area contributed by atoms with E-state index in [1.807, 2.05) is 6.07 Å². The molecular formula is C13H19FN2O. The van der Waals surface area contributed by atoms with E-state index in [-0.39, 0.29) is 5.82 Å². The van der Waals surface area contributed by atoms with Crippen LogP contribution < -0.4 is 10.1 Å². The van der Waals surface area contributed by atoms with Crippen LogP contribution in [0.4, 0.5) is 4.39 Å². The van der Waals surface area contributed by atoms with Gasteiger partial charge in [0.2, 0.25) is 0 Å². The summed E-state index contributed by atoms with van der Waals surface area (Å²) in [5, 5.41) is 3.38. The highest BCUT2D eigenvalue weighted by molar-refractivity contribution is 5.28. The van der Waals surface area contributed by atoms with Crippen LogP contribution >= 0.6 is 0 Å². The Balaban J connectivity index is 2.02. The van der Waals surface area contributed by atoms with Crippen LogP contribution in [0, 0.1) is 5.82 Å². The maximum Gasteiger partial charge on any atom is 0.131 e. The third-order valence-corrected chi connectivity index (χ3v) is 3.11. The van der Waals surface area contributed by atoms with E-state index in [1.54, 1.807) is 13.2 Å². The van der Waals surface area contributed by atoms with Gasteiger partial charge < -0.3 is 10.1 Å². The lowest BCUT2D eigenvalue weighted by Gasteiger charge is -2.31. The molecule has 0 bridgehead atoms. The smallest absolute Gasteiger partial charge is 0.131 e. The number of hydrogen-bond acceptors (Lipinski definition) is 3. The Hall–Kier alpha value is -1.13. The molecule has 1 fully saturated rings. The highest BCUT2D eigenvalue weighted by Gasteiger charge is 2.16. The largest absolute Gasteiger partial charge is 0.497 e. The van der Waals surface area contributed by atoms with Crippen LogP contribution in [0.1, 0.15) is 12.5 Å². The van der Waals surface area contributed by atoms with Crippen LogP contribution in [-0.2, 0) is 6.54 Å². The molecule has 0 radical (unpaired) electrons. The molecule has 1 atom stereocenters. The van der Waals surface area contributed by atoms with Crippen molar-refractivity contribution >= 4 is 0 Å². The normalized spacial score (nSPS) is 21.5. The van der Waals surface area contributed by atoms with Gasteiger partial charge in [-0.05, 0) is 13.0 Å². The lowest BCUT2D eigenvalue weighted by molar-refractivity contribution is 0.197. The molecule has 1 aromatic carbocycles. The lowest BCUT2D eigenvalue weighted by Crippen LogP contribution is -2.48. The van der Waals surface area contributed by atoms with Crippen molar-refractivity contribution in [2.45, 2.75) is 19.5 Å². The van der Waals surface area contributed by atoms with Crippen molar-refractivity contribution in [1.82, 2.24) is 10.2 Å². The Morgan fingerprint density at radius 1 is 1.53 bits per heavy atom. The van der Waals surface area contributed by atoms with E-state index in [4.69, 9.17) is 4.74 Å². The summed E-state index contributed by atoms with van der Waals surface area (Å²) in [4.78, 5) is 2.27. The van der Waals surface area contributed by atoms with Gasteiger partial charge in [0.05, 0.1) is 7.11 Å². The second-order valence-electron chi connectivity index (χ2n) is 4.55. The first kappa shape index (κ1) is 12.3. The number of hydrogen-bond donors (Lipinski definition) is 1. The lowest BCUT2D eigenvalue weighted by atomic mass is 10.1. The second kappa shape index (κ2) is 5.47. The van der Waals surface area contributed by atoms with Gasteiger partial charge in [0.15, 0.2) is 0 Å². The molecule has 94 valence electrons. The van der Waals surface area contributed by atoms with Gasteiger partial charge in [0.25, 0.3) is 0 Å². The van der Waals surface area contributed by atoms with Crippen molar-refractivity contribution in [2.24, 2.45) is 0 Å². The Labute approximate surface area is 102 Å². The molecule has 1 aliphatic rings. The van der Waals surface area contributed by atoms with Crippen LogP contribution in [0.5, 0.6) is 5.75 Å². The van der Waals surface area contributed by atoms with Crippen molar-refractivity contribution in [2.75, 3.05) is 26.7 Å². The summed E-state index contributed by atoms with van der Waals surface area (Å²) in [7, 11) is 1.55.